The number of aryl methyl sites for hydroxylation is 1. The van der Waals surface area contributed by atoms with Gasteiger partial charge in [0.15, 0.2) is 0 Å². The number of aromatic nitrogens is 4. The lowest BCUT2D eigenvalue weighted by molar-refractivity contribution is 0.530. The number of imidazole rings is 1. The van der Waals surface area contributed by atoms with E-state index in [4.69, 9.17) is 0 Å². The van der Waals surface area contributed by atoms with Crippen LogP contribution in [0.25, 0.3) is 0 Å². The molecule has 0 fully saturated rings. The van der Waals surface area contributed by atoms with Gasteiger partial charge in [-0.05, 0) is 19.0 Å². The fourth-order valence-electron chi connectivity index (χ4n) is 2.06. The predicted molar refractivity (Wildman–Crippen MR) is 72.9 cm³/mol. The van der Waals surface area contributed by atoms with Crippen LogP contribution >= 0.6 is 0 Å². The van der Waals surface area contributed by atoms with Crippen molar-refractivity contribution in [1.29, 1.82) is 0 Å². The van der Waals surface area contributed by atoms with E-state index in [0.717, 1.165) is 31.0 Å². The van der Waals surface area contributed by atoms with Crippen molar-refractivity contribution in [3.63, 3.8) is 0 Å². The molecule has 2 N–H and O–H groups in total. The third kappa shape index (κ3) is 3.08. The summed E-state index contributed by atoms with van der Waals surface area (Å²) >= 11 is 0. The Morgan fingerprint density at radius 3 is 2.89 bits per heavy atom. The molecule has 0 saturated carbocycles. The minimum Gasteiger partial charge on any atom is -0.333 e. The summed E-state index contributed by atoms with van der Waals surface area (Å²) in [5.41, 5.74) is 0.570. The normalized spacial score (nSPS) is 12.5. The van der Waals surface area contributed by atoms with Gasteiger partial charge in [0.05, 0.1) is 5.69 Å². The van der Waals surface area contributed by atoms with E-state index in [1.807, 2.05) is 13.1 Å². The highest BCUT2D eigenvalue weighted by Gasteiger charge is 2.19. The highest BCUT2D eigenvalue weighted by Crippen LogP contribution is 2.18. The molecule has 6 heteroatoms. The van der Waals surface area contributed by atoms with E-state index in [1.54, 1.807) is 12.3 Å². The Bertz CT molecular complexity index is 554. The highest BCUT2D eigenvalue weighted by atomic mass is 16.1. The molecule has 0 aliphatic rings. The van der Waals surface area contributed by atoms with E-state index in [1.165, 1.54) is 6.07 Å². The molecule has 0 aromatic carbocycles. The maximum atomic E-state index is 11.1. The molecule has 19 heavy (non-hydrogen) atoms. The second-order valence-corrected chi connectivity index (χ2v) is 4.32. The van der Waals surface area contributed by atoms with Gasteiger partial charge in [0, 0.05) is 25.0 Å². The fourth-order valence-corrected chi connectivity index (χ4v) is 2.06. The first kappa shape index (κ1) is 13.5. The summed E-state index contributed by atoms with van der Waals surface area (Å²) in [5.74, 6) is 0.920. The fraction of sp³-hybridized carbons (Fsp3) is 0.462. The second kappa shape index (κ2) is 6.29. The molecule has 102 valence electrons. The lowest BCUT2D eigenvalue weighted by Crippen LogP contribution is -2.27. The lowest BCUT2D eigenvalue weighted by atomic mass is 10.2. The van der Waals surface area contributed by atoms with E-state index in [-0.39, 0.29) is 11.6 Å². The van der Waals surface area contributed by atoms with Gasteiger partial charge in [-0.25, -0.2) is 10.1 Å². The van der Waals surface area contributed by atoms with Crippen molar-refractivity contribution in [1.82, 2.24) is 25.1 Å². The summed E-state index contributed by atoms with van der Waals surface area (Å²) in [4.78, 5) is 15.5. The van der Waals surface area contributed by atoms with Crippen molar-refractivity contribution in [3.8, 4) is 0 Å². The number of rotatable bonds is 6. The summed E-state index contributed by atoms with van der Waals surface area (Å²) in [7, 11) is 0. The van der Waals surface area contributed by atoms with Gasteiger partial charge in [-0.15, -0.1) is 0 Å². The molecule has 2 aromatic heterocycles. The number of aromatic amines is 1. The Kier molecular flexibility index (Phi) is 4.46. The van der Waals surface area contributed by atoms with Crippen LogP contribution in [0, 0.1) is 0 Å². The standard InChI is InChI=1S/C13H19N5O/c1-3-8-18-9-7-15-13(18)12(14-4-2)10-5-6-11(19)17-16-10/h5-7,9,12,14H,3-4,8H2,1-2H3,(H,17,19). The monoisotopic (exact) mass is 261 g/mol. The van der Waals surface area contributed by atoms with Crippen molar-refractivity contribution in [2.45, 2.75) is 32.9 Å². The molecule has 0 aliphatic carbocycles. The molecular weight excluding hydrogens is 242 g/mol. The first-order chi connectivity index (χ1) is 9.26. The van der Waals surface area contributed by atoms with E-state index in [0.29, 0.717) is 0 Å². The Hall–Kier alpha value is -1.95. The van der Waals surface area contributed by atoms with Crippen LogP contribution in [0.2, 0.25) is 0 Å². The van der Waals surface area contributed by atoms with Gasteiger partial charge in [0.2, 0.25) is 0 Å². The smallest absolute Gasteiger partial charge is 0.264 e. The van der Waals surface area contributed by atoms with Gasteiger partial charge in [-0.3, -0.25) is 4.79 Å². The second-order valence-electron chi connectivity index (χ2n) is 4.32. The maximum Gasteiger partial charge on any atom is 0.264 e. The summed E-state index contributed by atoms with van der Waals surface area (Å²) in [6, 6.07) is 3.11. The van der Waals surface area contributed by atoms with Crippen LogP contribution < -0.4 is 10.9 Å². The molecule has 6 nitrogen and oxygen atoms in total. The minimum atomic E-state index is -0.198. The third-order valence-corrected chi connectivity index (χ3v) is 2.88. The topological polar surface area (TPSA) is 75.6 Å². The average Bonchev–Trinajstić information content (AvgIpc) is 2.86. The Morgan fingerprint density at radius 2 is 2.26 bits per heavy atom. The molecule has 0 saturated heterocycles. The number of hydrogen-bond donors (Lipinski definition) is 2. The van der Waals surface area contributed by atoms with Crippen molar-refractivity contribution in [2.24, 2.45) is 0 Å². The van der Waals surface area contributed by atoms with Crippen LogP contribution in [0.4, 0.5) is 0 Å². The van der Waals surface area contributed by atoms with Crippen molar-refractivity contribution in [3.05, 3.63) is 46.4 Å². The Labute approximate surface area is 111 Å². The highest BCUT2D eigenvalue weighted by molar-refractivity contribution is 5.16. The van der Waals surface area contributed by atoms with Crippen LogP contribution in [-0.4, -0.2) is 26.3 Å². The van der Waals surface area contributed by atoms with E-state index < -0.39 is 0 Å². The zero-order chi connectivity index (χ0) is 13.7. The Morgan fingerprint density at radius 1 is 1.42 bits per heavy atom. The maximum absolute atomic E-state index is 11.1. The summed E-state index contributed by atoms with van der Waals surface area (Å²) < 4.78 is 2.11. The summed E-state index contributed by atoms with van der Waals surface area (Å²) in [6.07, 6.45) is 4.80. The quantitative estimate of drug-likeness (QED) is 0.815. The molecule has 2 rings (SSSR count). The van der Waals surface area contributed by atoms with Crippen LogP contribution in [0.3, 0.4) is 0 Å². The molecule has 0 amide bonds. The van der Waals surface area contributed by atoms with Gasteiger partial charge in [0.25, 0.3) is 5.56 Å². The first-order valence-electron chi connectivity index (χ1n) is 6.56. The molecular formula is C13H19N5O. The van der Waals surface area contributed by atoms with Crippen LogP contribution in [0.1, 0.15) is 37.8 Å². The molecule has 0 spiro atoms. The minimum absolute atomic E-state index is 0.108. The average molecular weight is 261 g/mol. The molecule has 2 aromatic rings. The van der Waals surface area contributed by atoms with Gasteiger partial charge in [0.1, 0.15) is 11.9 Å². The van der Waals surface area contributed by atoms with E-state index >= 15 is 0 Å². The molecule has 1 atom stereocenters. The van der Waals surface area contributed by atoms with Crippen molar-refractivity contribution >= 4 is 0 Å². The lowest BCUT2D eigenvalue weighted by Gasteiger charge is -2.18. The van der Waals surface area contributed by atoms with Crippen LogP contribution in [0.5, 0.6) is 0 Å². The predicted octanol–water partition coefficient (Wildman–Crippen LogP) is 1.08. The van der Waals surface area contributed by atoms with Gasteiger partial charge >= 0.3 is 0 Å². The van der Waals surface area contributed by atoms with Gasteiger partial charge in [-0.1, -0.05) is 13.8 Å². The number of nitrogens with one attached hydrogen (secondary N) is 2. The SMILES string of the molecule is CCCn1ccnc1C(NCC)c1ccc(=O)[nH]n1. The van der Waals surface area contributed by atoms with Crippen LogP contribution in [-0.2, 0) is 6.54 Å². The van der Waals surface area contributed by atoms with Crippen molar-refractivity contribution < 1.29 is 0 Å². The largest absolute Gasteiger partial charge is 0.333 e. The zero-order valence-corrected chi connectivity index (χ0v) is 11.3. The Balaban J connectivity index is 2.36. The molecule has 0 bridgehead atoms. The molecule has 2 heterocycles. The third-order valence-electron chi connectivity index (χ3n) is 2.88. The summed E-state index contributed by atoms with van der Waals surface area (Å²) in [5, 5.41) is 9.92. The number of H-pyrrole nitrogens is 1. The number of hydrogen-bond acceptors (Lipinski definition) is 4. The van der Waals surface area contributed by atoms with Gasteiger partial charge in [-0.2, -0.15) is 5.10 Å². The summed E-state index contributed by atoms with van der Waals surface area (Å²) in [6.45, 7) is 5.88. The number of nitrogens with zero attached hydrogens (tertiary/aromatic N) is 3. The van der Waals surface area contributed by atoms with Crippen molar-refractivity contribution in [2.75, 3.05) is 6.54 Å². The molecule has 0 aliphatic heterocycles. The molecule has 1 unspecified atom stereocenters. The van der Waals surface area contributed by atoms with Crippen LogP contribution in [0.15, 0.2) is 29.3 Å². The van der Waals surface area contributed by atoms with E-state index in [2.05, 4.69) is 32.0 Å². The first-order valence-corrected chi connectivity index (χ1v) is 6.56. The zero-order valence-electron chi connectivity index (χ0n) is 11.3. The molecule has 0 radical (unpaired) electrons. The van der Waals surface area contributed by atoms with Gasteiger partial charge < -0.3 is 9.88 Å². The van der Waals surface area contributed by atoms with E-state index in [9.17, 15) is 4.79 Å².